The number of nitrogens with one attached hydrogen (secondary N) is 2. The highest BCUT2D eigenvalue weighted by atomic mass is 35.5. The second-order valence-electron chi connectivity index (χ2n) is 5.38. The third-order valence-electron chi connectivity index (χ3n) is 3.66. The van der Waals surface area contributed by atoms with Crippen LogP contribution in [0.2, 0.25) is 5.02 Å². The molecule has 0 saturated carbocycles. The van der Waals surface area contributed by atoms with Gasteiger partial charge in [-0.1, -0.05) is 23.7 Å². The van der Waals surface area contributed by atoms with Gasteiger partial charge in [-0.15, -0.1) is 0 Å². The summed E-state index contributed by atoms with van der Waals surface area (Å²) in [6, 6.07) is 10.9. The van der Waals surface area contributed by atoms with E-state index < -0.39 is 0 Å². The number of halogens is 1. The highest BCUT2D eigenvalue weighted by Crippen LogP contribution is 2.24. The molecule has 1 amide bonds. The average Bonchev–Trinajstić information content (AvgIpc) is 3.09. The number of nitrogens with zero attached hydrogens (tertiary/aromatic N) is 1. The van der Waals surface area contributed by atoms with Crippen LogP contribution in [0, 0.1) is 0 Å². The molecule has 0 radical (unpaired) electrons. The summed E-state index contributed by atoms with van der Waals surface area (Å²) >= 11 is 6.10. The Balaban J connectivity index is 1.58. The molecule has 1 saturated heterocycles. The molecule has 120 valence electrons. The monoisotopic (exact) mass is 331 g/mol. The molecule has 1 unspecified atom stereocenters. The van der Waals surface area contributed by atoms with Crippen LogP contribution in [0.15, 0.2) is 42.6 Å². The molecule has 1 aromatic carbocycles. The van der Waals surface area contributed by atoms with Gasteiger partial charge in [0.05, 0.1) is 28.7 Å². The maximum absolute atomic E-state index is 12.1. The van der Waals surface area contributed by atoms with Crippen molar-refractivity contribution in [2.75, 3.05) is 18.5 Å². The van der Waals surface area contributed by atoms with Gasteiger partial charge in [0.25, 0.3) is 5.91 Å². The van der Waals surface area contributed by atoms with Gasteiger partial charge in [-0.3, -0.25) is 4.79 Å². The van der Waals surface area contributed by atoms with Crippen molar-refractivity contribution in [1.29, 1.82) is 0 Å². The molecule has 0 spiro atoms. The quantitative estimate of drug-likeness (QED) is 0.881. The predicted molar refractivity (Wildman–Crippen MR) is 90.3 cm³/mol. The maximum atomic E-state index is 12.1. The van der Waals surface area contributed by atoms with E-state index in [1.165, 1.54) is 0 Å². The molecule has 1 aromatic heterocycles. The highest BCUT2D eigenvalue weighted by molar-refractivity contribution is 6.33. The van der Waals surface area contributed by atoms with Crippen molar-refractivity contribution in [3.63, 3.8) is 0 Å². The lowest BCUT2D eigenvalue weighted by Gasteiger charge is -2.11. The van der Waals surface area contributed by atoms with Crippen LogP contribution in [0.4, 0.5) is 11.4 Å². The number of hydrogen-bond acceptors (Lipinski definition) is 4. The zero-order chi connectivity index (χ0) is 16.1. The van der Waals surface area contributed by atoms with Crippen molar-refractivity contribution in [3.05, 3.63) is 53.3 Å². The molecule has 1 atom stereocenters. The molecule has 5 nitrogen and oxygen atoms in total. The fourth-order valence-corrected chi connectivity index (χ4v) is 2.61. The first-order valence-corrected chi connectivity index (χ1v) is 7.97. The summed E-state index contributed by atoms with van der Waals surface area (Å²) in [5.74, 6) is -0.190. The number of ether oxygens (including phenoxy) is 1. The smallest absolute Gasteiger partial charge is 0.269 e. The Kier molecular flexibility index (Phi) is 5.10. The van der Waals surface area contributed by atoms with Crippen LogP contribution >= 0.6 is 11.6 Å². The van der Waals surface area contributed by atoms with Crippen molar-refractivity contribution >= 4 is 28.9 Å². The average molecular weight is 332 g/mol. The van der Waals surface area contributed by atoms with Crippen LogP contribution in [-0.4, -0.2) is 30.1 Å². The van der Waals surface area contributed by atoms with E-state index in [1.54, 1.807) is 18.3 Å². The van der Waals surface area contributed by atoms with E-state index >= 15 is 0 Å². The number of carbonyl (C=O) groups excluding carboxylic acids is 1. The highest BCUT2D eigenvalue weighted by Gasteiger charge is 2.17. The minimum absolute atomic E-state index is 0.125. The summed E-state index contributed by atoms with van der Waals surface area (Å²) in [5, 5.41) is 6.65. The zero-order valence-electron chi connectivity index (χ0n) is 12.6. The van der Waals surface area contributed by atoms with E-state index in [4.69, 9.17) is 16.3 Å². The SMILES string of the molecule is O=C(NCC1CCCO1)c1ccc(Nc2ccccc2Cl)cn1. The molecule has 0 aliphatic carbocycles. The standard InChI is InChI=1S/C17H18ClN3O2/c18-14-5-1-2-6-15(14)21-12-7-8-16(19-10-12)17(22)20-11-13-4-3-9-23-13/h1-2,5-8,10,13,21H,3-4,9,11H2,(H,20,22). The fraction of sp³-hybridized carbons (Fsp3) is 0.294. The van der Waals surface area contributed by atoms with Gasteiger partial charge in [0.2, 0.25) is 0 Å². The molecule has 0 bridgehead atoms. The summed E-state index contributed by atoms with van der Waals surface area (Å²) < 4.78 is 5.48. The third kappa shape index (κ3) is 4.21. The van der Waals surface area contributed by atoms with Crippen LogP contribution in [0.1, 0.15) is 23.3 Å². The van der Waals surface area contributed by atoms with E-state index in [9.17, 15) is 4.79 Å². The van der Waals surface area contributed by atoms with Crippen molar-refractivity contribution in [2.45, 2.75) is 18.9 Å². The molecule has 1 fully saturated rings. The number of rotatable bonds is 5. The molecule has 2 aromatic rings. The maximum Gasteiger partial charge on any atom is 0.269 e. The first kappa shape index (κ1) is 15.8. The second kappa shape index (κ2) is 7.44. The van der Waals surface area contributed by atoms with Gasteiger partial charge in [0.1, 0.15) is 5.69 Å². The van der Waals surface area contributed by atoms with Gasteiger partial charge in [-0.25, -0.2) is 4.98 Å². The first-order chi connectivity index (χ1) is 11.2. The fourth-order valence-electron chi connectivity index (χ4n) is 2.42. The molecule has 2 N–H and O–H groups in total. The second-order valence-corrected chi connectivity index (χ2v) is 5.79. The van der Waals surface area contributed by atoms with Crippen molar-refractivity contribution in [1.82, 2.24) is 10.3 Å². The number of anilines is 2. The van der Waals surface area contributed by atoms with Crippen LogP contribution in [0.3, 0.4) is 0 Å². The van der Waals surface area contributed by atoms with E-state index in [-0.39, 0.29) is 12.0 Å². The summed E-state index contributed by atoms with van der Waals surface area (Å²) in [5.41, 5.74) is 1.95. The molecule has 1 aliphatic heterocycles. The molecule has 3 rings (SSSR count). The van der Waals surface area contributed by atoms with Crippen molar-refractivity contribution < 1.29 is 9.53 Å². The lowest BCUT2D eigenvalue weighted by molar-refractivity contribution is 0.0854. The summed E-state index contributed by atoms with van der Waals surface area (Å²) in [6.45, 7) is 1.31. The molecule has 6 heteroatoms. The van der Waals surface area contributed by atoms with Gasteiger partial charge in [0.15, 0.2) is 0 Å². The minimum Gasteiger partial charge on any atom is -0.376 e. The molecule has 1 aliphatic rings. The number of carbonyl (C=O) groups is 1. The zero-order valence-corrected chi connectivity index (χ0v) is 13.3. The lowest BCUT2D eigenvalue weighted by atomic mass is 10.2. The normalized spacial score (nSPS) is 17.0. The molecule has 23 heavy (non-hydrogen) atoms. The summed E-state index contributed by atoms with van der Waals surface area (Å²) in [6.07, 6.45) is 3.79. The van der Waals surface area contributed by atoms with Crippen molar-refractivity contribution in [2.24, 2.45) is 0 Å². The predicted octanol–water partition coefficient (Wildman–Crippen LogP) is 3.39. The van der Waals surface area contributed by atoms with Gasteiger partial charge in [0, 0.05) is 13.2 Å². The first-order valence-electron chi connectivity index (χ1n) is 7.60. The Morgan fingerprint density at radius 1 is 1.30 bits per heavy atom. The van der Waals surface area contributed by atoms with Crippen LogP contribution in [0.5, 0.6) is 0 Å². The van der Waals surface area contributed by atoms with Gasteiger partial charge in [-0.05, 0) is 37.1 Å². The summed E-state index contributed by atoms with van der Waals surface area (Å²) in [7, 11) is 0. The van der Waals surface area contributed by atoms with E-state index in [2.05, 4.69) is 15.6 Å². The minimum atomic E-state index is -0.190. The number of benzene rings is 1. The molecular weight excluding hydrogens is 314 g/mol. The van der Waals surface area contributed by atoms with E-state index in [0.29, 0.717) is 17.3 Å². The number of aromatic nitrogens is 1. The number of para-hydroxylation sites is 1. The summed E-state index contributed by atoms with van der Waals surface area (Å²) in [4.78, 5) is 16.2. The molecular formula is C17H18ClN3O2. The topological polar surface area (TPSA) is 63.2 Å². The van der Waals surface area contributed by atoms with E-state index in [1.807, 2.05) is 24.3 Å². The van der Waals surface area contributed by atoms with Gasteiger partial charge in [-0.2, -0.15) is 0 Å². The van der Waals surface area contributed by atoms with Gasteiger partial charge < -0.3 is 15.4 Å². The Labute approximate surface area is 140 Å². The van der Waals surface area contributed by atoms with E-state index in [0.717, 1.165) is 30.8 Å². The number of amides is 1. The van der Waals surface area contributed by atoms with Crippen LogP contribution in [0.25, 0.3) is 0 Å². The van der Waals surface area contributed by atoms with Crippen molar-refractivity contribution in [3.8, 4) is 0 Å². The lowest BCUT2D eigenvalue weighted by Crippen LogP contribution is -2.32. The Hall–Kier alpha value is -2.11. The van der Waals surface area contributed by atoms with Crippen LogP contribution < -0.4 is 10.6 Å². The number of hydrogen-bond donors (Lipinski definition) is 2. The number of pyridine rings is 1. The Bertz CT molecular complexity index is 670. The third-order valence-corrected chi connectivity index (χ3v) is 3.99. The molecule has 2 heterocycles. The Morgan fingerprint density at radius 2 is 2.17 bits per heavy atom. The van der Waals surface area contributed by atoms with Crippen LogP contribution in [-0.2, 0) is 4.74 Å². The largest absolute Gasteiger partial charge is 0.376 e. The Morgan fingerprint density at radius 3 is 2.87 bits per heavy atom. The van der Waals surface area contributed by atoms with Gasteiger partial charge >= 0.3 is 0 Å².